The van der Waals surface area contributed by atoms with Crippen LogP contribution in [0.1, 0.15) is 18.9 Å². The van der Waals surface area contributed by atoms with Crippen molar-refractivity contribution in [2.45, 2.75) is 19.8 Å². The van der Waals surface area contributed by atoms with Gasteiger partial charge in [0, 0.05) is 5.02 Å². The summed E-state index contributed by atoms with van der Waals surface area (Å²) >= 11 is 6.01. The van der Waals surface area contributed by atoms with Crippen LogP contribution in [0.2, 0.25) is 5.02 Å². The molecule has 1 aromatic carbocycles. The van der Waals surface area contributed by atoms with Crippen LogP contribution in [-0.4, -0.2) is 19.2 Å². The molecule has 98 valence electrons. The van der Waals surface area contributed by atoms with E-state index in [2.05, 4.69) is 6.58 Å². The van der Waals surface area contributed by atoms with Gasteiger partial charge in [-0.15, -0.1) is 0 Å². The van der Waals surface area contributed by atoms with E-state index in [9.17, 15) is 4.79 Å². The van der Waals surface area contributed by atoms with Crippen molar-refractivity contribution in [2.24, 2.45) is 0 Å². The lowest BCUT2D eigenvalue weighted by Crippen LogP contribution is -2.08. The number of esters is 1. The molecule has 3 nitrogen and oxygen atoms in total. The van der Waals surface area contributed by atoms with Gasteiger partial charge in [-0.1, -0.05) is 36.4 Å². The number of carbonyl (C=O) groups excluding carboxylic acids is 1. The molecule has 0 spiro atoms. The predicted octanol–water partition coefficient (Wildman–Crippen LogP) is 3.37. The molecule has 0 atom stereocenters. The fourth-order valence-corrected chi connectivity index (χ4v) is 1.62. The molecular formula is C14H17ClO3. The fraction of sp³-hybridized carbons (Fsp3) is 0.357. The van der Waals surface area contributed by atoms with Gasteiger partial charge in [0.05, 0.1) is 25.4 Å². The Balaban J connectivity index is 2.14. The SMILES string of the molecule is C=C(C)OC(=O)CCOCCc1ccccc1Cl. The topological polar surface area (TPSA) is 35.5 Å². The maximum absolute atomic E-state index is 11.2. The molecule has 0 saturated carbocycles. The second kappa shape index (κ2) is 7.90. The van der Waals surface area contributed by atoms with E-state index < -0.39 is 0 Å². The molecular weight excluding hydrogens is 252 g/mol. The average molecular weight is 269 g/mol. The van der Waals surface area contributed by atoms with Crippen LogP contribution in [0.4, 0.5) is 0 Å². The lowest BCUT2D eigenvalue weighted by atomic mass is 10.2. The van der Waals surface area contributed by atoms with Crippen molar-refractivity contribution in [1.29, 1.82) is 0 Å². The highest BCUT2D eigenvalue weighted by atomic mass is 35.5. The molecule has 0 bridgehead atoms. The lowest BCUT2D eigenvalue weighted by Gasteiger charge is -2.06. The molecule has 1 aromatic rings. The highest BCUT2D eigenvalue weighted by Crippen LogP contribution is 2.15. The summed E-state index contributed by atoms with van der Waals surface area (Å²) in [5, 5.41) is 0.739. The van der Waals surface area contributed by atoms with E-state index in [0.717, 1.165) is 17.0 Å². The Morgan fingerprint density at radius 1 is 1.33 bits per heavy atom. The molecule has 0 amide bonds. The quantitative estimate of drug-likeness (QED) is 0.432. The number of hydrogen-bond donors (Lipinski definition) is 0. The van der Waals surface area contributed by atoms with E-state index in [0.29, 0.717) is 19.0 Å². The summed E-state index contributed by atoms with van der Waals surface area (Å²) in [4.78, 5) is 11.2. The van der Waals surface area contributed by atoms with Crippen molar-refractivity contribution in [1.82, 2.24) is 0 Å². The van der Waals surface area contributed by atoms with Crippen molar-refractivity contribution in [2.75, 3.05) is 13.2 Å². The summed E-state index contributed by atoms with van der Waals surface area (Å²) in [5.41, 5.74) is 1.05. The molecule has 0 heterocycles. The highest BCUT2D eigenvalue weighted by molar-refractivity contribution is 6.31. The molecule has 0 N–H and O–H groups in total. The van der Waals surface area contributed by atoms with Crippen LogP contribution in [0.3, 0.4) is 0 Å². The smallest absolute Gasteiger partial charge is 0.313 e. The minimum Gasteiger partial charge on any atom is -0.432 e. The van der Waals surface area contributed by atoms with Gasteiger partial charge in [0.15, 0.2) is 0 Å². The maximum atomic E-state index is 11.2. The zero-order valence-electron chi connectivity index (χ0n) is 10.4. The first kappa shape index (κ1) is 14.7. The highest BCUT2D eigenvalue weighted by Gasteiger charge is 2.03. The Morgan fingerprint density at radius 3 is 2.72 bits per heavy atom. The summed E-state index contributed by atoms with van der Waals surface area (Å²) in [6.45, 7) is 6.00. The first-order chi connectivity index (χ1) is 8.59. The minimum absolute atomic E-state index is 0.232. The predicted molar refractivity (Wildman–Crippen MR) is 71.5 cm³/mol. The van der Waals surface area contributed by atoms with Gasteiger partial charge in [-0.2, -0.15) is 0 Å². The van der Waals surface area contributed by atoms with Gasteiger partial charge in [0.2, 0.25) is 0 Å². The zero-order chi connectivity index (χ0) is 13.4. The third kappa shape index (κ3) is 5.84. The van der Waals surface area contributed by atoms with Gasteiger partial charge >= 0.3 is 5.97 Å². The summed E-state index contributed by atoms with van der Waals surface area (Å²) < 4.78 is 10.2. The van der Waals surface area contributed by atoms with Gasteiger partial charge in [-0.05, 0) is 25.0 Å². The molecule has 4 heteroatoms. The number of halogens is 1. The van der Waals surface area contributed by atoms with Crippen LogP contribution >= 0.6 is 11.6 Å². The van der Waals surface area contributed by atoms with Crippen molar-refractivity contribution in [3.63, 3.8) is 0 Å². The molecule has 0 aliphatic rings. The van der Waals surface area contributed by atoms with Gasteiger partial charge in [0.25, 0.3) is 0 Å². The molecule has 1 rings (SSSR count). The Morgan fingerprint density at radius 2 is 2.06 bits per heavy atom. The molecule has 0 unspecified atom stereocenters. The van der Waals surface area contributed by atoms with Gasteiger partial charge in [-0.3, -0.25) is 4.79 Å². The van der Waals surface area contributed by atoms with Gasteiger partial charge in [-0.25, -0.2) is 0 Å². The van der Waals surface area contributed by atoms with E-state index in [4.69, 9.17) is 21.1 Å². The number of benzene rings is 1. The van der Waals surface area contributed by atoms with Crippen LogP contribution < -0.4 is 0 Å². The number of hydrogen-bond acceptors (Lipinski definition) is 3. The average Bonchev–Trinajstić information content (AvgIpc) is 2.30. The largest absolute Gasteiger partial charge is 0.432 e. The maximum Gasteiger partial charge on any atom is 0.313 e. The third-order valence-electron chi connectivity index (χ3n) is 2.21. The van der Waals surface area contributed by atoms with Crippen molar-refractivity contribution in [3.05, 3.63) is 47.2 Å². The number of allylic oxidation sites excluding steroid dienone is 1. The van der Waals surface area contributed by atoms with Crippen LogP contribution in [0.25, 0.3) is 0 Å². The van der Waals surface area contributed by atoms with Crippen molar-refractivity contribution >= 4 is 17.6 Å². The Labute approximate surface area is 112 Å². The first-order valence-corrected chi connectivity index (χ1v) is 6.14. The van der Waals surface area contributed by atoms with E-state index >= 15 is 0 Å². The number of rotatable bonds is 7. The zero-order valence-corrected chi connectivity index (χ0v) is 11.2. The monoisotopic (exact) mass is 268 g/mol. The Kier molecular flexibility index (Phi) is 6.47. The molecule has 0 aliphatic heterocycles. The summed E-state index contributed by atoms with van der Waals surface area (Å²) in [6.07, 6.45) is 0.963. The number of carbonyl (C=O) groups is 1. The van der Waals surface area contributed by atoms with Crippen LogP contribution in [0.15, 0.2) is 36.6 Å². The van der Waals surface area contributed by atoms with Gasteiger partial charge < -0.3 is 9.47 Å². The van der Waals surface area contributed by atoms with Crippen LogP contribution in [-0.2, 0) is 20.7 Å². The molecule has 0 fully saturated rings. The van der Waals surface area contributed by atoms with E-state index in [1.807, 2.05) is 24.3 Å². The molecule has 0 aromatic heterocycles. The normalized spacial score (nSPS) is 10.1. The van der Waals surface area contributed by atoms with Gasteiger partial charge in [0.1, 0.15) is 0 Å². The second-order valence-corrected chi connectivity index (χ2v) is 4.29. The standard InChI is InChI=1S/C14H17ClO3/c1-11(2)18-14(16)8-10-17-9-7-12-5-3-4-6-13(12)15/h3-6H,1,7-10H2,2H3. The lowest BCUT2D eigenvalue weighted by molar-refractivity contribution is -0.140. The minimum atomic E-state index is -0.319. The van der Waals surface area contributed by atoms with Crippen molar-refractivity contribution < 1.29 is 14.3 Å². The fourth-order valence-electron chi connectivity index (χ4n) is 1.39. The first-order valence-electron chi connectivity index (χ1n) is 5.77. The molecule has 18 heavy (non-hydrogen) atoms. The summed E-state index contributed by atoms with van der Waals surface area (Å²) in [5.74, 6) is 0.0799. The van der Waals surface area contributed by atoms with Crippen molar-refractivity contribution in [3.8, 4) is 0 Å². The Hall–Kier alpha value is -1.32. The number of ether oxygens (including phenoxy) is 2. The summed E-state index contributed by atoms with van der Waals surface area (Å²) in [7, 11) is 0. The third-order valence-corrected chi connectivity index (χ3v) is 2.58. The molecule has 0 aliphatic carbocycles. The Bertz CT molecular complexity index is 415. The summed E-state index contributed by atoms with van der Waals surface area (Å²) in [6, 6.07) is 7.63. The van der Waals surface area contributed by atoms with E-state index in [-0.39, 0.29) is 12.4 Å². The molecule has 0 saturated heterocycles. The van der Waals surface area contributed by atoms with E-state index in [1.165, 1.54) is 0 Å². The van der Waals surface area contributed by atoms with Crippen LogP contribution in [0, 0.1) is 0 Å². The van der Waals surface area contributed by atoms with Crippen LogP contribution in [0.5, 0.6) is 0 Å². The second-order valence-electron chi connectivity index (χ2n) is 3.88. The molecule has 0 radical (unpaired) electrons. The van der Waals surface area contributed by atoms with E-state index in [1.54, 1.807) is 6.92 Å².